The van der Waals surface area contributed by atoms with Crippen LogP contribution in [0.25, 0.3) is 0 Å². The zero-order chi connectivity index (χ0) is 15.4. The van der Waals surface area contributed by atoms with Gasteiger partial charge in [0.1, 0.15) is 6.04 Å². The van der Waals surface area contributed by atoms with E-state index in [-0.39, 0.29) is 5.37 Å². The maximum atomic E-state index is 10.9. The topological polar surface area (TPSA) is 105 Å². The van der Waals surface area contributed by atoms with Gasteiger partial charge in [0.25, 0.3) is 0 Å². The van der Waals surface area contributed by atoms with Crippen molar-refractivity contribution in [3.63, 3.8) is 0 Å². The molecule has 2 rings (SSSR count). The van der Waals surface area contributed by atoms with Crippen molar-refractivity contribution >= 4 is 23.7 Å². The number of aliphatic carboxylic acids is 2. The number of methoxy groups -OCH3 is 1. The Kier molecular flexibility index (Phi) is 4.92. The summed E-state index contributed by atoms with van der Waals surface area (Å²) in [6.07, 6.45) is 0. The van der Waals surface area contributed by atoms with Gasteiger partial charge in [-0.1, -0.05) is 6.07 Å². The molecule has 0 saturated carbocycles. The Hall–Kier alpha value is -1.93. The molecule has 1 aliphatic heterocycles. The normalized spacial score (nSPS) is 21.0. The highest BCUT2D eigenvalue weighted by molar-refractivity contribution is 7.99. The first kappa shape index (κ1) is 15.5. The van der Waals surface area contributed by atoms with Gasteiger partial charge in [-0.15, -0.1) is 11.8 Å². The quantitative estimate of drug-likeness (QED) is 0.713. The molecule has 1 aromatic carbocycles. The van der Waals surface area contributed by atoms with Crippen LogP contribution in [-0.2, 0) is 9.59 Å². The molecular formula is C13H15NO6S. The molecule has 0 aliphatic carbocycles. The molecule has 2 unspecified atom stereocenters. The van der Waals surface area contributed by atoms with E-state index >= 15 is 0 Å². The number of carboxylic acid groups (broad SMARTS) is 2. The van der Waals surface area contributed by atoms with Crippen LogP contribution < -0.4 is 14.8 Å². The van der Waals surface area contributed by atoms with Gasteiger partial charge in [-0.25, -0.2) is 4.79 Å². The molecule has 21 heavy (non-hydrogen) atoms. The fraction of sp³-hybridized carbons (Fsp3) is 0.385. The minimum atomic E-state index is -1.07. The molecule has 0 aromatic heterocycles. The van der Waals surface area contributed by atoms with Gasteiger partial charge < -0.3 is 19.7 Å². The lowest BCUT2D eigenvalue weighted by molar-refractivity contribution is -0.140. The smallest absolute Gasteiger partial charge is 0.341 e. The van der Waals surface area contributed by atoms with E-state index in [0.29, 0.717) is 17.3 Å². The van der Waals surface area contributed by atoms with Crippen molar-refractivity contribution in [3.05, 3.63) is 23.8 Å². The van der Waals surface area contributed by atoms with Crippen molar-refractivity contribution in [2.75, 3.05) is 19.5 Å². The second kappa shape index (κ2) is 6.68. The first-order valence-electron chi connectivity index (χ1n) is 6.14. The Morgan fingerprint density at radius 2 is 2.14 bits per heavy atom. The van der Waals surface area contributed by atoms with Gasteiger partial charge in [0.15, 0.2) is 18.1 Å². The average Bonchev–Trinajstić information content (AvgIpc) is 2.94. The predicted octanol–water partition coefficient (Wildman–Crippen LogP) is 0.947. The molecular weight excluding hydrogens is 298 g/mol. The third-order valence-electron chi connectivity index (χ3n) is 2.92. The monoisotopic (exact) mass is 313 g/mol. The second-order valence-electron chi connectivity index (χ2n) is 4.36. The van der Waals surface area contributed by atoms with Crippen molar-refractivity contribution in [2.45, 2.75) is 11.4 Å². The molecule has 3 N–H and O–H groups in total. The van der Waals surface area contributed by atoms with E-state index in [1.54, 1.807) is 18.2 Å². The Bertz CT molecular complexity index is 549. The maximum absolute atomic E-state index is 10.9. The highest BCUT2D eigenvalue weighted by Gasteiger charge is 2.30. The summed E-state index contributed by atoms with van der Waals surface area (Å²) in [5.74, 6) is -0.715. The number of hydrogen-bond donors (Lipinski definition) is 3. The number of rotatable bonds is 6. The molecule has 1 saturated heterocycles. The first-order chi connectivity index (χ1) is 10.0. The Labute approximate surface area is 125 Å². The predicted molar refractivity (Wildman–Crippen MR) is 75.9 cm³/mol. The van der Waals surface area contributed by atoms with Crippen LogP contribution in [0.3, 0.4) is 0 Å². The highest BCUT2D eigenvalue weighted by Crippen LogP contribution is 2.37. The zero-order valence-electron chi connectivity index (χ0n) is 11.2. The largest absolute Gasteiger partial charge is 0.493 e. The van der Waals surface area contributed by atoms with E-state index in [1.807, 2.05) is 0 Å². The van der Waals surface area contributed by atoms with Crippen molar-refractivity contribution in [1.82, 2.24) is 5.32 Å². The third kappa shape index (κ3) is 3.79. The fourth-order valence-corrected chi connectivity index (χ4v) is 3.14. The summed E-state index contributed by atoms with van der Waals surface area (Å²) in [6.45, 7) is -0.451. The van der Waals surface area contributed by atoms with Crippen molar-refractivity contribution in [1.29, 1.82) is 0 Å². The maximum Gasteiger partial charge on any atom is 0.341 e. The molecule has 1 heterocycles. The number of nitrogens with one attached hydrogen (secondary N) is 1. The lowest BCUT2D eigenvalue weighted by Crippen LogP contribution is -2.33. The molecule has 0 spiro atoms. The van der Waals surface area contributed by atoms with Gasteiger partial charge in [0, 0.05) is 5.75 Å². The van der Waals surface area contributed by atoms with Crippen molar-refractivity contribution in [2.24, 2.45) is 0 Å². The molecule has 114 valence electrons. The van der Waals surface area contributed by atoms with Crippen LogP contribution >= 0.6 is 11.8 Å². The summed E-state index contributed by atoms with van der Waals surface area (Å²) in [5, 5.41) is 20.4. The summed E-state index contributed by atoms with van der Waals surface area (Å²) in [7, 11) is 1.46. The molecule has 1 aromatic rings. The van der Waals surface area contributed by atoms with E-state index in [2.05, 4.69) is 5.32 Å². The van der Waals surface area contributed by atoms with Gasteiger partial charge >= 0.3 is 11.9 Å². The number of hydrogen-bond acceptors (Lipinski definition) is 6. The van der Waals surface area contributed by atoms with Crippen LogP contribution in [0.2, 0.25) is 0 Å². The summed E-state index contributed by atoms with van der Waals surface area (Å²) in [4.78, 5) is 21.4. The van der Waals surface area contributed by atoms with Crippen LogP contribution in [0, 0.1) is 0 Å². The molecule has 2 atom stereocenters. The zero-order valence-corrected chi connectivity index (χ0v) is 12.1. The van der Waals surface area contributed by atoms with Crippen LogP contribution in [0.4, 0.5) is 0 Å². The van der Waals surface area contributed by atoms with Gasteiger partial charge in [0.2, 0.25) is 0 Å². The van der Waals surface area contributed by atoms with Gasteiger partial charge in [-0.05, 0) is 17.7 Å². The molecule has 1 fully saturated rings. The summed E-state index contributed by atoms with van der Waals surface area (Å²) in [6, 6.07) is 4.52. The standard InChI is InChI=1S/C13H15NO6S/c1-19-10-4-7(2-3-9(10)20-5-11(15)16)12-14-8(6-21-12)13(17)18/h2-4,8,12,14H,5-6H2,1H3,(H,15,16)(H,17,18). The van der Waals surface area contributed by atoms with E-state index < -0.39 is 24.6 Å². The number of carbonyl (C=O) groups is 2. The van der Waals surface area contributed by atoms with Crippen LogP contribution in [0.1, 0.15) is 10.9 Å². The second-order valence-corrected chi connectivity index (χ2v) is 5.50. The molecule has 7 nitrogen and oxygen atoms in total. The Morgan fingerprint density at radius 1 is 1.38 bits per heavy atom. The summed E-state index contributed by atoms with van der Waals surface area (Å²) in [5.41, 5.74) is 0.850. The lowest BCUT2D eigenvalue weighted by atomic mass is 10.2. The number of ether oxygens (including phenoxy) is 2. The van der Waals surface area contributed by atoms with Crippen molar-refractivity contribution < 1.29 is 29.3 Å². The minimum absolute atomic E-state index is 0.145. The van der Waals surface area contributed by atoms with E-state index in [4.69, 9.17) is 19.7 Å². The molecule has 1 aliphatic rings. The SMILES string of the molecule is COc1cc(C2NC(C(=O)O)CS2)ccc1OCC(=O)O. The third-order valence-corrected chi connectivity index (χ3v) is 4.19. The van der Waals surface area contributed by atoms with E-state index in [0.717, 1.165) is 5.56 Å². The summed E-state index contributed by atoms with van der Waals surface area (Å²) < 4.78 is 10.3. The lowest BCUT2D eigenvalue weighted by Gasteiger charge is -2.15. The first-order valence-corrected chi connectivity index (χ1v) is 7.19. The number of thioether (sulfide) groups is 1. The number of benzene rings is 1. The van der Waals surface area contributed by atoms with E-state index in [9.17, 15) is 9.59 Å². The van der Waals surface area contributed by atoms with Crippen LogP contribution in [0.15, 0.2) is 18.2 Å². The Balaban J connectivity index is 2.12. The molecule has 8 heteroatoms. The van der Waals surface area contributed by atoms with E-state index in [1.165, 1.54) is 18.9 Å². The van der Waals surface area contributed by atoms with Gasteiger partial charge in [-0.3, -0.25) is 10.1 Å². The Morgan fingerprint density at radius 3 is 2.71 bits per heavy atom. The van der Waals surface area contributed by atoms with Crippen molar-refractivity contribution in [3.8, 4) is 11.5 Å². The highest BCUT2D eigenvalue weighted by atomic mass is 32.2. The minimum Gasteiger partial charge on any atom is -0.493 e. The average molecular weight is 313 g/mol. The van der Waals surface area contributed by atoms with Crippen LogP contribution in [0.5, 0.6) is 11.5 Å². The van der Waals surface area contributed by atoms with Gasteiger partial charge in [0.05, 0.1) is 12.5 Å². The van der Waals surface area contributed by atoms with Crippen LogP contribution in [-0.4, -0.2) is 47.7 Å². The fourth-order valence-electron chi connectivity index (χ4n) is 1.91. The molecule has 0 radical (unpaired) electrons. The number of carboxylic acids is 2. The van der Waals surface area contributed by atoms with Gasteiger partial charge in [-0.2, -0.15) is 0 Å². The molecule has 0 amide bonds. The summed E-state index contributed by atoms with van der Waals surface area (Å²) >= 11 is 1.49. The molecule has 0 bridgehead atoms.